The monoisotopic (exact) mass is 489 g/mol. The highest BCUT2D eigenvalue weighted by molar-refractivity contribution is 6.30. The van der Waals surface area contributed by atoms with Crippen molar-refractivity contribution < 1.29 is 19.1 Å². The Morgan fingerprint density at radius 3 is 2.48 bits per heavy atom. The molecule has 1 saturated heterocycles. The minimum absolute atomic E-state index is 0.233. The summed E-state index contributed by atoms with van der Waals surface area (Å²) < 4.78 is 11.8. The van der Waals surface area contributed by atoms with E-state index in [0.29, 0.717) is 29.3 Å². The van der Waals surface area contributed by atoms with E-state index in [9.17, 15) is 9.59 Å². The van der Waals surface area contributed by atoms with Gasteiger partial charge in [-0.1, -0.05) is 66.9 Å². The van der Waals surface area contributed by atoms with Crippen LogP contribution < -0.4 is 0 Å². The molecule has 0 spiro atoms. The third-order valence-corrected chi connectivity index (χ3v) is 6.14. The number of benzene rings is 2. The summed E-state index contributed by atoms with van der Waals surface area (Å²) in [6.45, 7) is 7.75. The van der Waals surface area contributed by atoms with Crippen LogP contribution in [0.25, 0.3) is 0 Å². The Morgan fingerprint density at radius 1 is 1.15 bits per heavy atom. The fraction of sp³-hybridized carbons (Fsp3) is 0.385. The van der Waals surface area contributed by atoms with Crippen molar-refractivity contribution in [2.75, 3.05) is 6.61 Å². The van der Waals surface area contributed by atoms with Gasteiger partial charge < -0.3 is 14.4 Å². The van der Waals surface area contributed by atoms with E-state index in [4.69, 9.17) is 32.7 Å². The van der Waals surface area contributed by atoms with E-state index in [1.54, 1.807) is 36.1 Å². The number of hydrogen-bond donors (Lipinski definition) is 0. The van der Waals surface area contributed by atoms with Crippen LogP contribution in [0.5, 0.6) is 0 Å². The molecule has 0 bridgehead atoms. The van der Waals surface area contributed by atoms with Crippen molar-refractivity contribution in [3.05, 3.63) is 82.4 Å². The maximum absolute atomic E-state index is 13.7. The predicted octanol–water partition coefficient (Wildman–Crippen LogP) is 6.31. The number of esters is 1. The second kappa shape index (κ2) is 11.7. The number of carbonyl (C=O) groups is 2. The van der Waals surface area contributed by atoms with Gasteiger partial charge in [-0.2, -0.15) is 0 Å². The van der Waals surface area contributed by atoms with Gasteiger partial charge in [0.15, 0.2) is 0 Å². The zero-order valence-corrected chi connectivity index (χ0v) is 20.4. The van der Waals surface area contributed by atoms with Gasteiger partial charge >= 0.3 is 5.97 Å². The Kier molecular flexibility index (Phi) is 8.95. The van der Waals surface area contributed by atoms with Crippen LogP contribution >= 0.6 is 23.2 Å². The number of morpholine rings is 1. The maximum Gasteiger partial charge on any atom is 0.328 e. The molecule has 0 radical (unpaired) electrons. The summed E-state index contributed by atoms with van der Waals surface area (Å²) in [5.41, 5.74) is 1.62. The Bertz CT molecular complexity index is 979. The highest BCUT2D eigenvalue weighted by atomic mass is 35.5. The smallest absolute Gasteiger partial charge is 0.328 e. The largest absolute Gasteiger partial charge is 0.464 e. The second-order valence-electron chi connectivity index (χ2n) is 7.92. The van der Waals surface area contributed by atoms with Crippen molar-refractivity contribution in [2.45, 2.75) is 57.4 Å². The molecule has 176 valence electrons. The number of hydrogen-bond acceptors (Lipinski definition) is 4. The van der Waals surface area contributed by atoms with Crippen LogP contribution in [0.2, 0.25) is 10.0 Å². The lowest BCUT2D eigenvalue weighted by Gasteiger charge is -2.47. The summed E-state index contributed by atoms with van der Waals surface area (Å²) in [5.74, 6) is -0.685. The van der Waals surface area contributed by atoms with Gasteiger partial charge in [-0.25, -0.2) is 4.79 Å². The molecule has 0 unspecified atom stereocenters. The van der Waals surface area contributed by atoms with Crippen molar-refractivity contribution in [3.63, 3.8) is 0 Å². The van der Waals surface area contributed by atoms with E-state index in [1.165, 1.54) is 0 Å². The highest BCUT2D eigenvalue weighted by Crippen LogP contribution is 2.45. The lowest BCUT2D eigenvalue weighted by Crippen LogP contribution is -2.57. The fourth-order valence-electron chi connectivity index (χ4n) is 4.24. The van der Waals surface area contributed by atoms with E-state index in [2.05, 4.69) is 6.58 Å². The van der Waals surface area contributed by atoms with Crippen LogP contribution in [0.3, 0.4) is 0 Å². The number of halogens is 2. The molecule has 1 heterocycles. The van der Waals surface area contributed by atoms with Crippen LogP contribution in [0.4, 0.5) is 0 Å². The normalized spacial score (nSPS) is 21.5. The summed E-state index contributed by atoms with van der Waals surface area (Å²) >= 11 is 12.4. The zero-order chi connectivity index (χ0) is 24.0. The fourth-order valence-corrected chi connectivity index (χ4v) is 4.56. The van der Waals surface area contributed by atoms with Gasteiger partial charge in [0.1, 0.15) is 18.2 Å². The highest BCUT2D eigenvalue weighted by Gasteiger charge is 2.48. The van der Waals surface area contributed by atoms with Crippen molar-refractivity contribution >= 4 is 35.1 Å². The third kappa shape index (κ3) is 5.78. The molecule has 1 aliphatic heterocycles. The Morgan fingerprint density at radius 2 is 1.88 bits per heavy atom. The summed E-state index contributed by atoms with van der Waals surface area (Å²) in [5, 5.41) is 1.14. The van der Waals surface area contributed by atoms with Crippen LogP contribution in [0, 0.1) is 0 Å². The average Bonchev–Trinajstić information content (AvgIpc) is 2.80. The lowest BCUT2D eigenvalue weighted by molar-refractivity contribution is -0.185. The molecule has 0 saturated carbocycles. The van der Waals surface area contributed by atoms with Gasteiger partial charge in [-0.15, -0.1) is 6.58 Å². The van der Waals surface area contributed by atoms with Crippen molar-refractivity contribution in [3.8, 4) is 0 Å². The van der Waals surface area contributed by atoms with Crippen LogP contribution in [0.1, 0.15) is 56.4 Å². The van der Waals surface area contributed by atoms with E-state index in [-0.39, 0.29) is 12.5 Å². The lowest BCUT2D eigenvalue weighted by atomic mass is 9.89. The van der Waals surface area contributed by atoms with E-state index in [0.717, 1.165) is 11.1 Å². The minimum Gasteiger partial charge on any atom is -0.464 e. The first kappa shape index (κ1) is 25.3. The third-order valence-electron chi connectivity index (χ3n) is 5.65. The topological polar surface area (TPSA) is 55.8 Å². The van der Waals surface area contributed by atoms with Gasteiger partial charge in [0.2, 0.25) is 0 Å². The van der Waals surface area contributed by atoms with E-state index < -0.39 is 30.3 Å². The molecular formula is C26H29Cl2NO4. The summed E-state index contributed by atoms with van der Waals surface area (Å²) in [4.78, 5) is 28.4. The zero-order valence-electron chi connectivity index (χ0n) is 18.9. The molecule has 3 rings (SSSR count). The minimum atomic E-state index is -0.774. The number of ether oxygens (including phenoxy) is 2. The van der Waals surface area contributed by atoms with Gasteiger partial charge in [0.25, 0.3) is 5.91 Å². The molecule has 0 N–H and O–H groups in total. The Balaban J connectivity index is 2.20. The molecule has 7 heteroatoms. The number of carbonyl (C=O) groups excluding carboxylic acids is 2. The molecule has 1 fully saturated rings. The van der Waals surface area contributed by atoms with E-state index in [1.807, 2.05) is 37.3 Å². The standard InChI is InChI=1S/C26H29Cl2NO4/c1-4-8-21(26(31)32-6-3)29-23(17-12-14-19(27)15-13-17)24(18-10-7-11-20(28)16-18)33-22(9-5-2)25(29)30/h5,7,10-16,21-24H,2,4,6,8-9H2,1,3H3/t21-,22+,23-,24+/m0/s1. The maximum atomic E-state index is 13.7. The first-order chi connectivity index (χ1) is 15.9. The SMILES string of the molecule is C=CC[C@H]1O[C@H](c2cccc(Cl)c2)[C@H](c2ccc(Cl)cc2)N([C@@H](CCC)C(=O)OCC)C1=O. The molecule has 4 atom stereocenters. The molecule has 33 heavy (non-hydrogen) atoms. The number of nitrogens with zero attached hydrogens (tertiary/aromatic N) is 1. The van der Waals surface area contributed by atoms with E-state index >= 15 is 0 Å². The molecule has 1 aliphatic rings. The molecule has 5 nitrogen and oxygen atoms in total. The summed E-state index contributed by atoms with van der Waals surface area (Å²) in [6, 6.07) is 13.3. The van der Waals surface area contributed by atoms with Crippen LogP contribution in [-0.2, 0) is 19.1 Å². The second-order valence-corrected chi connectivity index (χ2v) is 8.80. The number of rotatable bonds is 9. The van der Waals surface area contributed by atoms with Crippen molar-refractivity contribution in [1.82, 2.24) is 4.90 Å². The molecule has 2 aromatic rings. The van der Waals surface area contributed by atoms with Gasteiger partial charge in [-0.3, -0.25) is 4.79 Å². The van der Waals surface area contributed by atoms with Crippen molar-refractivity contribution in [2.24, 2.45) is 0 Å². The summed E-state index contributed by atoms with van der Waals surface area (Å²) in [6.07, 6.45) is 1.82. The Hall–Kier alpha value is -2.34. The molecular weight excluding hydrogens is 461 g/mol. The molecule has 0 aromatic heterocycles. The molecule has 1 amide bonds. The predicted molar refractivity (Wildman–Crippen MR) is 130 cm³/mol. The Labute approximate surface area is 205 Å². The number of amides is 1. The average molecular weight is 490 g/mol. The van der Waals surface area contributed by atoms with Crippen LogP contribution in [0.15, 0.2) is 61.2 Å². The first-order valence-corrected chi connectivity index (χ1v) is 11.9. The van der Waals surface area contributed by atoms with Gasteiger partial charge in [0, 0.05) is 16.5 Å². The van der Waals surface area contributed by atoms with Gasteiger partial charge in [-0.05, 0) is 48.7 Å². The van der Waals surface area contributed by atoms with Gasteiger partial charge in [0.05, 0.1) is 12.6 Å². The first-order valence-electron chi connectivity index (χ1n) is 11.2. The van der Waals surface area contributed by atoms with Crippen molar-refractivity contribution in [1.29, 1.82) is 0 Å². The molecule has 2 aromatic carbocycles. The quantitative estimate of drug-likeness (QED) is 0.305. The molecule has 0 aliphatic carbocycles. The van der Waals surface area contributed by atoms with Crippen LogP contribution in [-0.4, -0.2) is 35.5 Å². The summed E-state index contributed by atoms with van der Waals surface area (Å²) in [7, 11) is 0.